The van der Waals surface area contributed by atoms with Crippen molar-refractivity contribution >= 4 is 11.8 Å². The highest BCUT2D eigenvalue weighted by Gasteiger charge is 2.31. The summed E-state index contributed by atoms with van der Waals surface area (Å²) >= 11 is 0. The molecule has 3 rings (SSSR count). The number of halogens is 1. The van der Waals surface area contributed by atoms with Gasteiger partial charge in [0.25, 0.3) is 5.91 Å². The van der Waals surface area contributed by atoms with Crippen molar-refractivity contribution in [3.05, 3.63) is 59.8 Å². The molecular formula is C21H26FN3O3. The zero-order valence-electron chi connectivity index (χ0n) is 16.2. The van der Waals surface area contributed by atoms with Gasteiger partial charge in [0.05, 0.1) is 6.26 Å². The quantitative estimate of drug-likeness (QED) is 0.827. The SMILES string of the molecule is CC(C)[C@H](NC(=O)c1ccco1)C(=O)N1CCN(Cc2ccccc2F)CC1. The summed E-state index contributed by atoms with van der Waals surface area (Å²) in [6.45, 7) is 6.75. The van der Waals surface area contributed by atoms with E-state index in [9.17, 15) is 14.0 Å². The normalized spacial score (nSPS) is 16.2. The number of nitrogens with one attached hydrogen (secondary N) is 1. The largest absolute Gasteiger partial charge is 0.459 e. The lowest BCUT2D eigenvalue weighted by atomic mass is 10.0. The van der Waals surface area contributed by atoms with Gasteiger partial charge in [-0.1, -0.05) is 32.0 Å². The minimum absolute atomic E-state index is 0.0529. The van der Waals surface area contributed by atoms with Gasteiger partial charge in [0, 0.05) is 38.3 Å². The van der Waals surface area contributed by atoms with E-state index in [0.29, 0.717) is 38.3 Å². The van der Waals surface area contributed by atoms with Crippen LogP contribution in [0.15, 0.2) is 47.1 Å². The summed E-state index contributed by atoms with van der Waals surface area (Å²) in [4.78, 5) is 29.1. The third-order valence-corrected chi connectivity index (χ3v) is 5.00. The smallest absolute Gasteiger partial charge is 0.287 e. The Morgan fingerprint density at radius 3 is 2.43 bits per heavy atom. The second-order valence-electron chi connectivity index (χ2n) is 7.37. The molecule has 1 saturated heterocycles. The predicted molar refractivity (Wildman–Crippen MR) is 103 cm³/mol. The van der Waals surface area contributed by atoms with E-state index in [1.807, 2.05) is 19.9 Å². The Hall–Kier alpha value is -2.67. The van der Waals surface area contributed by atoms with Gasteiger partial charge in [-0.25, -0.2) is 4.39 Å². The molecule has 7 heteroatoms. The zero-order valence-corrected chi connectivity index (χ0v) is 16.2. The Kier molecular flexibility index (Phi) is 6.46. The molecule has 6 nitrogen and oxygen atoms in total. The Labute approximate surface area is 164 Å². The van der Waals surface area contributed by atoms with Crippen molar-refractivity contribution < 1.29 is 18.4 Å². The maximum absolute atomic E-state index is 13.8. The summed E-state index contributed by atoms with van der Waals surface area (Å²) in [5.41, 5.74) is 0.660. The molecule has 150 valence electrons. The van der Waals surface area contributed by atoms with Crippen LogP contribution in [0, 0.1) is 11.7 Å². The predicted octanol–water partition coefficient (Wildman–Crippen LogP) is 2.52. The van der Waals surface area contributed by atoms with Crippen molar-refractivity contribution in [3.8, 4) is 0 Å². The second kappa shape index (κ2) is 9.01. The van der Waals surface area contributed by atoms with E-state index in [1.54, 1.807) is 29.2 Å². The molecule has 0 spiro atoms. The van der Waals surface area contributed by atoms with Crippen molar-refractivity contribution in [2.45, 2.75) is 26.4 Å². The molecule has 1 aromatic carbocycles. The Balaban J connectivity index is 1.56. The van der Waals surface area contributed by atoms with Crippen LogP contribution in [0.2, 0.25) is 0 Å². The molecule has 1 aliphatic heterocycles. The zero-order chi connectivity index (χ0) is 20.1. The summed E-state index contributed by atoms with van der Waals surface area (Å²) in [5, 5.41) is 2.79. The van der Waals surface area contributed by atoms with Crippen molar-refractivity contribution in [1.82, 2.24) is 15.1 Å². The first-order valence-corrected chi connectivity index (χ1v) is 9.54. The third kappa shape index (κ3) is 4.78. The number of carbonyl (C=O) groups is 2. The van der Waals surface area contributed by atoms with Gasteiger partial charge < -0.3 is 14.6 Å². The minimum atomic E-state index is -0.615. The molecule has 1 N–H and O–H groups in total. The number of furan rings is 1. The van der Waals surface area contributed by atoms with E-state index in [-0.39, 0.29) is 23.4 Å². The van der Waals surface area contributed by atoms with E-state index in [1.165, 1.54) is 12.3 Å². The van der Waals surface area contributed by atoms with Crippen molar-refractivity contribution in [2.24, 2.45) is 5.92 Å². The fourth-order valence-corrected chi connectivity index (χ4v) is 3.32. The number of carbonyl (C=O) groups excluding carboxylic acids is 2. The first-order chi connectivity index (χ1) is 13.5. The maximum atomic E-state index is 13.8. The van der Waals surface area contributed by atoms with Crippen molar-refractivity contribution in [1.29, 1.82) is 0 Å². The number of hydrogen-bond acceptors (Lipinski definition) is 4. The van der Waals surface area contributed by atoms with Crippen LogP contribution < -0.4 is 5.32 Å². The molecule has 2 aromatic rings. The Morgan fingerprint density at radius 2 is 1.82 bits per heavy atom. The van der Waals surface area contributed by atoms with E-state index in [4.69, 9.17) is 4.42 Å². The summed E-state index contributed by atoms with van der Waals surface area (Å²) < 4.78 is 19.0. The van der Waals surface area contributed by atoms with E-state index in [2.05, 4.69) is 10.2 Å². The molecule has 0 unspecified atom stereocenters. The van der Waals surface area contributed by atoms with Crippen LogP contribution in [0.1, 0.15) is 30.0 Å². The lowest BCUT2D eigenvalue weighted by molar-refractivity contribution is -0.136. The van der Waals surface area contributed by atoms with Gasteiger partial charge in [-0.15, -0.1) is 0 Å². The van der Waals surface area contributed by atoms with E-state index < -0.39 is 11.9 Å². The molecular weight excluding hydrogens is 361 g/mol. The fourth-order valence-electron chi connectivity index (χ4n) is 3.32. The maximum Gasteiger partial charge on any atom is 0.287 e. The molecule has 0 bridgehead atoms. The Morgan fingerprint density at radius 1 is 1.11 bits per heavy atom. The van der Waals surface area contributed by atoms with Gasteiger partial charge in [-0.2, -0.15) is 0 Å². The molecule has 0 radical (unpaired) electrons. The second-order valence-corrected chi connectivity index (χ2v) is 7.37. The summed E-state index contributed by atoms with van der Waals surface area (Å²) in [5.74, 6) is -0.562. The molecule has 2 heterocycles. The highest BCUT2D eigenvalue weighted by molar-refractivity contribution is 5.95. The first-order valence-electron chi connectivity index (χ1n) is 9.54. The molecule has 1 aromatic heterocycles. The third-order valence-electron chi connectivity index (χ3n) is 5.00. The van der Waals surface area contributed by atoms with Crippen LogP contribution >= 0.6 is 0 Å². The van der Waals surface area contributed by atoms with Gasteiger partial charge >= 0.3 is 0 Å². The van der Waals surface area contributed by atoms with Crippen molar-refractivity contribution in [2.75, 3.05) is 26.2 Å². The summed E-state index contributed by atoms with van der Waals surface area (Å²) in [6, 6.07) is 9.34. The number of nitrogens with zero attached hydrogens (tertiary/aromatic N) is 2. The highest BCUT2D eigenvalue weighted by atomic mass is 19.1. The molecule has 0 saturated carbocycles. The molecule has 0 aliphatic carbocycles. The number of hydrogen-bond donors (Lipinski definition) is 1. The van der Waals surface area contributed by atoms with Crippen LogP contribution in [0.5, 0.6) is 0 Å². The van der Waals surface area contributed by atoms with Gasteiger partial charge in [0.2, 0.25) is 5.91 Å². The Bertz CT molecular complexity index is 799. The van der Waals surface area contributed by atoms with E-state index in [0.717, 1.165) is 0 Å². The van der Waals surface area contributed by atoms with Crippen LogP contribution in [0.25, 0.3) is 0 Å². The standard InChI is InChI=1S/C21H26FN3O3/c1-15(2)19(23-20(26)18-8-5-13-28-18)21(27)25-11-9-24(10-12-25)14-16-6-3-4-7-17(16)22/h3-8,13,15,19H,9-12,14H2,1-2H3,(H,23,26)/t19-/m0/s1. The highest BCUT2D eigenvalue weighted by Crippen LogP contribution is 2.14. The summed E-state index contributed by atoms with van der Waals surface area (Å²) in [6.07, 6.45) is 1.43. The monoisotopic (exact) mass is 387 g/mol. The van der Waals surface area contributed by atoms with Crippen LogP contribution in [-0.4, -0.2) is 53.8 Å². The number of rotatable bonds is 6. The lowest BCUT2D eigenvalue weighted by Crippen LogP contribution is -2.56. The topological polar surface area (TPSA) is 65.8 Å². The number of benzene rings is 1. The lowest BCUT2D eigenvalue weighted by Gasteiger charge is -2.37. The fraction of sp³-hybridized carbons (Fsp3) is 0.429. The van der Waals surface area contributed by atoms with Crippen molar-refractivity contribution in [3.63, 3.8) is 0 Å². The van der Waals surface area contributed by atoms with Gasteiger partial charge in [0.1, 0.15) is 11.9 Å². The molecule has 2 amide bonds. The van der Waals surface area contributed by atoms with Crippen LogP contribution in [-0.2, 0) is 11.3 Å². The molecule has 1 aliphatic rings. The number of amides is 2. The van der Waals surface area contributed by atoms with E-state index >= 15 is 0 Å². The summed E-state index contributed by atoms with van der Waals surface area (Å²) in [7, 11) is 0. The number of piperazine rings is 1. The minimum Gasteiger partial charge on any atom is -0.459 e. The molecule has 1 fully saturated rings. The van der Waals surface area contributed by atoms with Crippen LogP contribution in [0.3, 0.4) is 0 Å². The molecule has 28 heavy (non-hydrogen) atoms. The van der Waals surface area contributed by atoms with Crippen LogP contribution in [0.4, 0.5) is 4.39 Å². The average molecular weight is 387 g/mol. The van der Waals surface area contributed by atoms with Gasteiger partial charge in [0.15, 0.2) is 5.76 Å². The first kappa shape index (κ1) is 20.1. The van der Waals surface area contributed by atoms with Gasteiger partial charge in [-0.3, -0.25) is 14.5 Å². The molecule has 1 atom stereocenters. The average Bonchev–Trinajstić information content (AvgIpc) is 3.22. The van der Waals surface area contributed by atoms with Gasteiger partial charge in [-0.05, 0) is 24.1 Å².